The molecule has 7 heteroatoms. The molecule has 19 heavy (non-hydrogen) atoms. The van der Waals surface area contributed by atoms with Crippen LogP contribution in [0.15, 0.2) is 29.2 Å². The molecule has 0 aromatic heterocycles. The van der Waals surface area contributed by atoms with Gasteiger partial charge in [-0.1, -0.05) is 12.5 Å². The van der Waals surface area contributed by atoms with Crippen LogP contribution >= 0.6 is 35.0 Å². The Hall–Kier alpha value is 0.110. The molecule has 0 bridgehead atoms. The predicted molar refractivity (Wildman–Crippen MR) is 87.0 cm³/mol. The van der Waals surface area contributed by atoms with Crippen LogP contribution in [0.25, 0.3) is 0 Å². The minimum absolute atomic E-state index is 0. The molecule has 0 aliphatic carbocycles. The fourth-order valence-corrected chi connectivity index (χ4v) is 4.79. The smallest absolute Gasteiger partial charge is 0.243 e. The summed E-state index contributed by atoms with van der Waals surface area (Å²) in [5.74, 6) is 0. The summed E-state index contributed by atoms with van der Waals surface area (Å²) in [7, 11) is -3.40. The van der Waals surface area contributed by atoms with Crippen molar-refractivity contribution in [3.8, 4) is 0 Å². The van der Waals surface area contributed by atoms with Crippen molar-refractivity contribution in [3.63, 3.8) is 0 Å². The number of hydrogen-bond donors (Lipinski definition) is 1. The van der Waals surface area contributed by atoms with E-state index in [0.717, 1.165) is 22.8 Å². The number of hydrogen-bond acceptors (Lipinski definition) is 3. The molecule has 1 aliphatic heterocycles. The standard InChI is InChI=1S/C12H17IN2O2S.ClH/c13-10-4-3-6-12(8-10)18(16,17)15-7-2-1-5-11(15)9-14;/h3-4,6,8,11H,1-2,5,7,9,14H2;1H. The molecular formula is C12H18ClIN2O2S. The monoisotopic (exact) mass is 416 g/mol. The lowest BCUT2D eigenvalue weighted by Crippen LogP contribution is -2.47. The zero-order chi connectivity index (χ0) is 13.2. The molecular weight excluding hydrogens is 399 g/mol. The molecule has 4 nitrogen and oxygen atoms in total. The number of nitrogens with zero attached hydrogens (tertiary/aromatic N) is 1. The van der Waals surface area contributed by atoms with Gasteiger partial charge in [0.2, 0.25) is 10.0 Å². The van der Waals surface area contributed by atoms with Crippen LogP contribution in [0.5, 0.6) is 0 Å². The van der Waals surface area contributed by atoms with Gasteiger partial charge >= 0.3 is 0 Å². The highest BCUT2D eigenvalue weighted by atomic mass is 127. The van der Waals surface area contributed by atoms with E-state index in [-0.39, 0.29) is 18.4 Å². The summed E-state index contributed by atoms with van der Waals surface area (Å²) < 4.78 is 27.6. The maximum absolute atomic E-state index is 12.6. The van der Waals surface area contributed by atoms with Crippen LogP contribution < -0.4 is 5.73 Å². The maximum Gasteiger partial charge on any atom is 0.243 e. The first-order valence-electron chi connectivity index (χ1n) is 6.03. The highest BCUT2D eigenvalue weighted by molar-refractivity contribution is 14.1. The molecule has 1 saturated heterocycles. The Labute approximate surface area is 134 Å². The summed E-state index contributed by atoms with van der Waals surface area (Å²) in [6, 6.07) is 6.96. The highest BCUT2D eigenvalue weighted by Gasteiger charge is 2.32. The number of piperidine rings is 1. The summed E-state index contributed by atoms with van der Waals surface area (Å²) in [6.07, 6.45) is 2.83. The lowest BCUT2D eigenvalue weighted by atomic mass is 10.1. The van der Waals surface area contributed by atoms with Gasteiger partial charge in [0.25, 0.3) is 0 Å². The van der Waals surface area contributed by atoms with Crippen molar-refractivity contribution in [2.24, 2.45) is 5.73 Å². The van der Waals surface area contributed by atoms with Crippen molar-refractivity contribution in [2.45, 2.75) is 30.2 Å². The van der Waals surface area contributed by atoms with Gasteiger partial charge < -0.3 is 5.73 Å². The third-order valence-electron chi connectivity index (χ3n) is 3.25. The van der Waals surface area contributed by atoms with Gasteiger partial charge in [-0.2, -0.15) is 4.31 Å². The Morgan fingerprint density at radius 2 is 2.11 bits per heavy atom. The van der Waals surface area contributed by atoms with Crippen LogP contribution in [-0.4, -0.2) is 31.9 Å². The van der Waals surface area contributed by atoms with E-state index in [0.29, 0.717) is 18.0 Å². The summed E-state index contributed by atoms with van der Waals surface area (Å²) >= 11 is 2.12. The van der Waals surface area contributed by atoms with Crippen molar-refractivity contribution in [1.82, 2.24) is 4.31 Å². The fourth-order valence-electron chi connectivity index (χ4n) is 2.29. The van der Waals surface area contributed by atoms with Gasteiger partial charge in [-0.05, 0) is 53.6 Å². The Balaban J connectivity index is 0.00000180. The first-order valence-corrected chi connectivity index (χ1v) is 8.55. The van der Waals surface area contributed by atoms with E-state index >= 15 is 0 Å². The minimum Gasteiger partial charge on any atom is -0.329 e. The first-order chi connectivity index (χ1) is 8.55. The van der Waals surface area contributed by atoms with Gasteiger partial charge in [0.15, 0.2) is 0 Å². The Morgan fingerprint density at radius 3 is 2.74 bits per heavy atom. The van der Waals surface area contributed by atoms with Crippen LogP contribution in [0.3, 0.4) is 0 Å². The average molecular weight is 417 g/mol. The molecule has 0 spiro atoms. The predicted octanol–water partition coefficient (Wildman–Crippen LogP) is 2.21. The largest absolute Gasteiger partial charge is 0.329 e. The van der Waals surface area contributed by atoms with Gasteiger partial charge in [-0.3, -0.25) is 0 Å². The van der Waals surface area contributed by atoms with E-state index in [1.54, 1.807) is 22.5 Å². The normalized spacial score (nSPS) is 20.8. The average Bonchev–Trinajstić information content (AvgIpc) is 2.38. The van der Waals surface area contributed by atoms with Gasteiger partial charge in [-0.15, -0.1) is 12.4 Å². The summed E-state index contributed by atoms with van der Waals surface area (Å²) in [4.78, 5) is 0.370. The van der Waals surface area contributed by atoms with E-state index in [1.165, 1.54) is 0 Å². The second-order valence-corrected chi connectivity index (χ2v) is 7.59. The van der Waals surface area contributed by atoms with Gasteiger partial charge in [-0.25, -0.2) is 8.42 Å². The molecule has 1 heterocycles. The molecule has 1 fully saturated rings. The Kier molecular flexibility index (Phi) is 6.52. The molecule has 1 unspecified atom stereocenters. The molecule has 108 valence electrons. The van der Waals surface area contributed by atoms with Crippen molar-refractivity contribution < 1.29 is 8.42 Å². The van der Waals surface area contributed by atoms with E-state index in [9.17, 15) is 8.42 Å². The topological polar surface area (TPSA) is 63.4 Å². The molecule has 1 aromatic rings. The maximum atomic E-state index is 12.6. The van der Waals surface area contributed by atoms with Crippen LogP contribution in [0, 0.1) is 3.57 Å². The highest BCUT2D eigenvalue weighted by Crippen LogP contribution is 2.25. The summed E-state index contributed by atoms with van der Waals surface area (Å²) in [5.41, 5.74) is 5.69. The Bertz CT molecular complexity index is 524. The van der Waals surface area contributed by atoms with E-state index < -0.39 is 10.0 Å². The number of halogens is 2. The van der Waals surface area contributed by atoms with Gasteiger partial charge in [0, 0.05) is 22.7 Å². The second-order valence-electron chi connectivity index (χ2n) is 4.46. The quantitative estimate of drug-likeness (QED) is 0.769. The van der Waals surface area contributed by atoms with Crippen LogP contribution in [0.4, 0.5) is 0 Å². The lowest BCUT2D eigenvalue weighted by molar-refractivity contribution is 0.257. The molecule has 2 N–H and O–H groups in total. The van der Waals surface area contributed by atoms with Crippen LogP contribution in [-0.2, 0) is 10.0 Å². The lowest BCUT2D eigenvalue weighted by Gasteiger charge is -2.33. The molecule has 1 atom stereocenters. The molecule has 0 radical (unpaired) electrons. The van der Waals surface area contributed by atoms with Crippen molar-refractivity contribution in [2.75, 3.05) is 13.1 Å². The van der Waals surface area contributed by atoms with E-state index in [1.807, 2.05) is 6.07 Å². The molecule has 1 aliphatic rings. The van der Waals surface area contributed by atoms with E-state index in [4.69, 9.17) is 5.73 Å². The van der Waals surface area contributed by atoms with Crippen molar-refractivity contribution >= 4 is 45.0 Å². The molecule has 0 saturated carbocycles. The van der Waals surface area contributed by atoms with Gasteiger partial charge in [0.1, 0.15) is 0 Å². The van der Waals surface area contributed by atoms with Crippen molar-refractivity contribution in [3.05, 3.63) is 27.8 Å². The number of rotatable bonds is 3. The minimum atomic E-state index is -3.40. The molecule has 0 amide bonds. The van der Waals surface area contributed by atoms with Crippen LogP contribution in [0.1, 0.15) is 19.3 Å². The fraction of sp³-hybridized carbons (Fsp3) is 0.500. The number of benzene rings is 1. The Morgan fingerprint density at radius 1 is 1.37 bits per heavy atom. The second kappa shape index (κ2) is 7.21. The number of sulfonamides is 1. The molecule has 2 rings (SSSR count). The SMILES string of the molecule is Cl.NCC1CCCCN1S(=O)(=O)c1cccc(I)c1. The summed E-state index contributed by atoms with van der Waals surface area (Å²) in [6.45, 7) is 0.971. The van der Waals surface area contributed by atoms with Crippen LogP contribution in [0.2, 0.25) is 0 Å². The zero-order valence-electron chi connectivity index (χ0n) is 10.5. The first kappa shape index (κ1) is 17.2. The zero-order valence-corrected chi connectivity index (χ0v) is 14.2. The molecule has 1 aromatic carbocycles. The third-order valence-corrected chi connectivity index (χ3v) is 5.87. The van der Waals surface area contributed by atoms with E-state index in [2.05, 4.69) is 22.6 Å². The van der Waals surface area contributed by atoms with Gasteiger partial charge in [0.05, 0.1) is 4.90 Å². The summed E-state index contributed by atoms with van der Waals surface area (Å²) in [5, 5.41) is 0. The van der Waals surface area contributed by atoms with Crippen molar-refractivity contribution in [1.29, 1.82) is 0 Å². The number of nitrogens with two attached hydrogens (primary N) is 1. The third kappa shape index (κ3) is 3.81.